The molecule has 0 radical (unpaired) electrons. The Morgan fingerprint density at radius 1 is 0.417 bits per heavy atom. The van der Waals surface area contributed by atoms with Crippen LogP contribution in [0.3, 0.4) is 0 Å². The summed E-state index contributed by atoms with van der Waals surface area (Å²) < 4.78 is 52.5. The van der Waals surface area contributed by atoms with Gasteiger partial charge in [-0.25, -0.2) is 0 Å². The fourth-order valence-corrected chi connectivity index (χ4v) is 8.58. The SMILES string of the molecule is CCC1O[C@@H](O[C@H]2C(C)C(C)[C@H](O[C@@H]3C(CC)O[C@@H](O[C@H]4C(C)C(C)[C@H](OC(C)=O)O[C@H]4CC)C(C)[C@H]3C)O[C@H]2CC)C(C)[C@@H](C)[C@@H]1C. The van der Waals surface area contributed by atoms with Crippen LogP contribution in [-0.4, -0.2) is 73.9 Å². The molecule has 4 saturated heterocycles. The number of hydrogen-bond acceptors (Lipinski definition) is 9. The summed E-state index contributed by atoms with van der Waals surface area (Å²) in [6.07, 6.45) is 1.24. The van der Waals surface area contributed by atoms with Crippen molar-refractivity contribution in [1.29, 1.82) is 0 Å². The summed E-state index contributed by atoms with van der Waals surface area (Å²) in [6.45, 7) is 30.1. The highest BCUT2D eigenvalue weighted by molar-refractivity contribution is 5.66. The molecule has 8 unspecified atom stereocenters. The van der Waals surface area contributed by atoms with E-state index in [4.69, 9.17) is 37.9 Å². The minimum absolute atomic E-state index is 0.00441. The smallest absolute Gasteiger partial charge is 0.304 e. The van der Waals surface area contributed by atoms with Gasteiger partial charge in [0.1, 0.15) is 0 Å². The molecule has 20 atom stereocenters. The second-order valence-corrected chi connectivity index (χ2v) is 15.9. The Bertz CT molecular complexity index is 1000. The molecule has 0 bridgehead atoms. The molecule has 0 aromatic rings. The standard InChI is InChI=1S/C39H70O9/c1-15-29-20(6)19(5)24(10)37(42-29)46-34-22(8)26(12)39(44-31(34)17-3)48-35-23(9)27(13)38(45-32(35)18-4)47-33-21(7)25(11)36(41-28(14)40)43-30(33)16-2/h19-27,29-39H,15-18H2,1-14H3/t19-,20-,21?,22?,23+,24?,25?,26?,27?,29?,30-,31-,32?,33-,34-,35-,36+,37-,38-,39-/m0/s1. The molecule has 4 aliphatic rings. The van der Waals surface area contributed by atoms with Crippen molar-refractivity contribution in [1.82, 2.24) is 0 Å². The van der Waals surface area contributed by atoms with Crippen molar-refractivity contribution in [2.75, 3.05) is 0 Å². The molecule has 0 spiro atoms. The van der Waals surface area contributed by atoms with Crippen LogP contribution in [0.2, 0.25) is 0 Å². The van der Waals surface area contributed by atoms with E-state index in [1.54, 1.807) is 0 Å². The van der Waals surface area contributed by atoms with Gasteiger partial charge in [0.15, 0.2) is 18.9 Å². The van der Waals surface area contributed by atoms with Gasteiger partial charge in [0, 0.05) is 30.6 Å². The highest BCUT2D eigenvalue weighted by Gasteiger charge is 2.51. The minimum atomic E-state index is -0.567. The zero-order valence-electron chi connectivity index (χ0n) is 32.5. The molecule has 0 aromatic heterocycles. The Morgan fingerprint density at radius 3 is 1.04 bits per heavy atom. The van der Waals surface area contributed by atoms with Crippen molar-refractivity contribution >= 4 is 5.97 Å². The fraction of sp³-hybridized carbons (Fsp3) is 0.974. The van der Waals surface area contributed by atoms with Crippen LogP contribution in [0.5, 0.6) is 0 Å². The Hall–Kier alpha value is -0.810. The van der Waals surface area contributed by atoms with Crippen molar-refractivity contribution in [2.24, 2.45) is 53.3 Å². The predicted molar refractivity (Wildman–Crippen MR) is 185 cm³/mol. The summed E-state index contributed by atoms with van der Waals surface area (Å²) >= 11 is 0. The Balaban J connectivity index is 1.43. The van der Waals surface area contributed by atoms with Gasteiger partial charge in [-0.1, -0.05) is 90.0 Å². The topological polar surface area (TPSA) is 90.9 Å². The summed E-state index contributed by atoms with van der Waals surface area (Å²) in [5.74, 6) is 1.74. The molecule has 4 fully saturated rings. The van der Waals surface area contributed by atoms with Crippen LogP contribution in [0.1, 0.15) is 123 Å². The van der Waals surface area contributed by atoms with Gasteiger partial charge in [-0.05, 0) is 55.3 Å². The maximum absolute atomic E-state index is 11.7. The van der Waals surface area contributed by atoms with E-state index in [9.17, 15) is 4.79 Å². The van der Waals surface area contributed by atoms with Crippen LogP contribution in [0, 0.1) is 53.3 Å². The van der Waals surface area contributed by atoms with Crippen molar-refractivity contribution in [2.45, 2.75) is 191 Å². The van der Waals surface area contributed by atoms with E-state index >= 15 is 0 Å². The molecule has 0 aromatic carbocycles. The Labute approximate surface area is 292 Å². The lowest BCUT2D eigenvalue weighted by atomic mass is 9.78. The zero-order chi connectivity index (χ0) is 35.6. The lowest BCUT2D eigenvalue weighted by molar-refractivity contribution is -0.358. The fourth-order valence-electron chi connectivity index (χ4n) is 8.58. The van der Waals surface area contributed by atoms with Gasteiger partial charge in [0.05, 0.1) is 42.7 Å². The molecule has 9 nitrogen and oxygen atoms in total. The lowest BCUT2D eigenvalue weighted by Crippen LogP contribution is -2.59. The first-order valence-corrected chi connectivity index (χ1v) is 19.4. The quantitative estimate of drug-likeness (QED) is 0.201. The maximum Gasteiger partial charge on any atom is 0.304 e. The van der Waals surface area contributed by atoms with Crippen molar-refractivity contribution in [3.63, 3.8) is 0 Å². The number of hydrogen-bond donors (Lipinski definition) is 0. The third-order valence-corrected chi connectivity index (χ3v) is 13.1. The van der Waals surface area contributed by atoms with Crippen molar-refractivity contribution < 1.29 is 42.7 Å². The number of carbonyl (C=O) groups excluding carboxylic acids is 1. The molecule has 0 N–H and O–H groups in total. The van der Waals surface area contributed by atoms with Gasteiger partial charge in [-0.15, -0.1) is 0 Å². The van der Waals surface area contributed by atoms with Crippen molar-refractivity contribution in [3.05, 3.63) is 0 Å². The van der Waals surface area contributed by atoms with Crippen LogP contribution in [0.25, 0.3) is 0 Å². The molecule has 0 amide bonds. The zero-order valence-corrected chi connectivity index (χ0v) is 32.5. The van der Waals surface area contributed by atoms with Crippen LogP contribution < -0.4 is 0 Å². The summed E-state index contributed by atoms with van der Waals surface area (Å²) in [7, 11) is 0. The van der Waals surface area contributed by atoms with Gasteiger partial charge in [0.2, 0.25) is 6.29 Å². The average Bonchev–Trinajstić information content (AvgIpc) is 3.06. The highest BCUT2D eigenvalue weighted by atomic mass is 16.7. The number of ether oxygens (including phenoxy) is 8. The molecule has 0 saturated carbocycles. The van der Waals surface area contributed by atoms with E-state index < -0.39 is 12.6 Å². The van der Waals surface area contributed by atoms with E-state index in [1.165, 1.54) is 6.92 Å². The van der Waals surface area contributed by atoms with E-state index in [-0.39, 0.29) is 96.8 Å². The van der Waals surface area contributed by atoms with E-state index in [0.29, 0.717) is 17.8 Å². The molecule has 48 heavy (non-hydrogen) atoms. The van der Waals surface area contributed by atoms with Gasteiger partial charge in [-0.2, -0.15) is 0 Å². The summed E-state index contributed by atoms with van der Waals surface area (Å²) in [5.41, 5.74) is 0. The first-order chi connectivity index (χ1) is 22.7. The molecule has 9 heteroatoms. The summed E-state index contributed by atoms with van der Waals surface area (Å²) in [5, 5.41) is 0. The third-order valence-electron chi connectivity index (χ3n) is 13.1. The van der Waals surface area contributed by atoms with E-state index in [0.717, 1.165) is 25.7 Å². The van der Waals surface area contributed by atoms with Crippen LogP contribution in [0.4, 0.5) is 0 Å². The Morgan fingerprint density at radius 2 is 0.708 bits per heavy atom. The predicted octanol–water partition coefficient (Wildman–Crippen LogP) is 7.97. The second-order valence-electron chi connectivity index (χ2n) is 15.9. The molecule has 4 heterocycles. The molecule has 0 aliphatic carbocycles. The van der Waals surface area contributed by atoms with Gasteiger partial charge in [0.25, 0.3) is 0 Å². The second kappa shape index (κ2) is 17.1. The first-order valence-electron chi connectivity index (χ1n) is 19.4. The maximum atomic E-state index is 11.7. The summed E-state index contributed by atoms with van der Waals surface area (Å²) in [6, 6.07) is 0. The molecule has 280 valence electrons. The van der Waals surface area contributed by atoms with Gasteiger partial charge >= 0.3 is 5.97 Å². The van der Waals surface area contributed by atoms with Crippen LogP contribution in [-0.2, 0) is 42.7 Å². The van der Waals surface area contributed by atoms with E-state index in [2.05, 4.69) is 90.0 Å². The van der Waals surface area contributed by atoms with E-state index in [1.807, 2.05) is 0 Å². The number of esters is 1. The lowest BCUT2D eigenvalue weighted by Gasteiger charge is -2.51. The molecule has 4 aliphatic heterocycles. The normalized spacial score (nSPS) is 50.2. The number of rotatable bonds is 11. The third kappa shape index (κ3) is 8.29. The van der Waals surface area contributed by atoms with Gasteiger partial charge < -0.3 is 37.9 Å². The molecular weight excluding hydrogens is 612 g/mol. The minimum Gasteiger partial charge on any atom is -0.436 e. The van der Waals surface area contributed by atoms with Crippen molar-refractivity contribution in [3.8, 4) is 0 Å². The molecular formula is C39H70O9. The van der Waals surface area contributed by atoms with Crippen LogP contribution in [0.15, 0.2) is 0 Å². The monoisotopic (exact) mass is 683 g/mol. The van der Waals surface area contributed by atoms with Crippen LogP contribution >= 0.6 is 0 Å². The first kappa shape index (κ1) is 40.0. The number of carbonyl (C=O) groups is 1. The average molecular weight is 683 g/mol. The highest BCUT2D eigenvalue weighted by Crippen LogP contribution is 2.44. The largest absolute Gasteiger partial charge is 0.436 e. The summed E-state index contributed by atoms with van der Waals surface area (Å²) in [4.78, 5) is 11.7. The van der Waals surface area contributed by atoms with Gasteiger partial charge in [-0.3, -0.25) is 4.79 Å². The molecule has 4 rings (SSSR count). The Kier molecular flexibility index (Phi) is 14.3.